The van der Waals surface area contributed by atoms with Crippen molar-refractivity contribution in [2.75, 3.05) is 13.1 Å². The van der Waals surface area contributed by atoms with E-state index in [0.717, 1.165) is 23.3 Å². The number of hydrogen-bond donors (Lipinski definition) is 1. The Kier molecular flexibility index (Phi) is 5.76. The van der Waals surface area contributed by atoms with Gasteiger partial charge in [0.15, 0.2) is 0 Å². The fourth-order valence-corrected chi connectivity index (χ4v) is 2.46. The number of likely N-dealkylation sites (N-methyl/N-ethyl adjacent to an activating group) is 1. The van der Waals surface area contributed by atoms with Crippen LogP contribution in [0.3, 0.4) is 0 Å². The van der Waals surface area contributed by atoms with Crippen LogP contribution in [0.15, 0.2) is 22.8 Å². The summed E-state index contributed by atoms with van der Waals surface area (Å²) in [5.74, 6) is 0. The first-order valence-electron chi connectivity index (χ1n) is 6.45. The lowest BCUT2D eigenvalue weighted by Crippen LogP contribution is -2.53. The molecule has 0 fully saturated rings. The van der Waals surface area contributed by atoms with Crippen LogP contribution in [0.4, 0.5) is 0 Å². The second-order valence-electron chi connectivity index (χ2n) is 5.01. The van der Waals surface area contributed by atoms with Gasteiger partial charge in [-0.2, -0.15) is 0 Å². The molecule has 0 saturated carbocycles. The van der Waals surface area contributed by atoms with Crippen LogP contribution in [0.5, 0.6) is 0 Å². The minimum absolute atomic E-state index is 0.238. The molecule has 4 heteroatoms. The predicted octanol–water partition coefficient (Wildman–Crippen LogP) is 2.87. The molecule has 0 saturated heterocycles. The van der Waals surface area contributed by atoms with Crippen LogP contribution >= 0.6 is 15.9 Å². The highest BCUT2D eigenvalue weighted by Gasteiger charge is 2.32. The topological polar surface area (TPSA) is 36.4 Å². The van der Waals surface area contributed by atoms with Gasteiger partial charge in [-0.3, -0.25) is 9.88 Å². The summed E-state index contributed by atoms with van der Waals surface area (Å²) < 4.78 is 0.962. The number of aliphatic hydroxyl groups is 1. The number of nitrogens with zero attached hydrogens (tertiary/aromatic N) is 2. The van der Waals surface area contributed by atoms with E-state index in [9.17, 15) is 5.11 Å². The Hall–Kier alpha value is -0.450. The molecule has 18 heavy (non-hydrogen) atoms. The summed E-state index contributed by atoms with van der Waals surface area (Å²) in [6.45, 7) is 10.3. The monoisotopic (exact) mass is 314 g/mol. The lowest BCUT2D eigenvalue weighted by atomic mass is 9.91. The molecular formula is C14H23BrN2O. The molecule has 0 aromatic carbocycles. The van der Waals surface area contributed by atoms with E-state index in [1.54, 1.807) is 6.20 Å². The highest BCUT2D eigenvalue weighted by Crippen LogP contribution is 2.21. The minimum atomic E-state index is -0.425. The number of rotatable bonds is 6. The molecule has 1 atom stereocenters. The molecule has 0 radical (unpaired) electrons. The third kappa shape index (κ3) is 3.77. The summed E-state index contributed by atoms with van der Waals surface area (Å²) in [6.07, 6.45) is 1.93. The van der Waals surface area contributed by atoms with Gasteiger partial charge in [0.05, 0.1) is 6.10 Å². The molecule has 102 valence electrons. The van der Waals surface area contributed by atoms with Gasteiger partial charge in [0.25, 0.3) is 0 Å². The third-order valence-corrected chi connectivity index (χ3v) is 4.05. The van der Waals surface area contributed by atoms with Crippen molar-refractivity contribution in [3.8, 4) is 0 Å². The van der Waals surface area contributed by atoms with Gasteiger partial charge in [0.1, 0.15) is 0 Å². The summed E-state index contributed by atoms with van der Waals surface area (Å²) in [5, 5.41) is 10.4. The Morgan fingerprint density at radius 1 is 1.33 bits per heavy atom. The van der Waals surface area contributed by atoms with Crippen LogP contribution in [-0.4, -0.2) is 39.7 Å². The normalized spacial score (nSPS) is 13.9. The molecule has 1 unspecified atom stereocenters. The van der Waals surface area contributed by atoms with E-state index in [0.29, 0.717) is 6.42 Å². The van der Waals surface area contributed by atoms with E-state index < -0.39 is 6.10 Å². The first kappa shape index (κ1) is 15.6. The van der Waals surface area contributed by atoms with Crippen molar-refractivity contribution in [2.45, 2.75) is 45.8 Å². The molecule has 0 amide bonds. The Bertz CT molecular complexity index is 361. The number of pyridine rings is 1. The zero-order valence-corrected chi connectivity index (χ0v) is 13.2. The third-order valence-electron chi connectivity index (χ3n) is 3.59. The van der Waals surface area contributed by atoms with Crippen molar-refractivity contribution in [3.63, 3.8) is 0 Å². The number of aliphatic hydroxyl groups excluding tert-OH is 1. The Morgan fingerprint density at radius 2 is 1.94 bits per heavy atom. The minimum Gasteiger partial charge on any atom is -0.391 e. The maximum absolute atomic E-state index is 10.4. The number of halogens is 1. The second-order valence-corrected chi connectivity index (χ2v) is 5.93. The van der Waals surface area contributed by atoms with Crippen LogP contribution < -0.4 is 0 Å². The smallest absolute Gasteiger partial charge is 0.0773 e. The van der Waals surface area contributed by atoms with Gasteiger partial charge in [0, 0.05) is 28.3 Å². The molecule has 3 nitrogen and oxygen atoms in total. The Balaban J connectivity index is 2.74. The zero-order valence-electron chi connectivity index (χ0n) is 11.7. The molecule has 0 bridgehead atoms. The van der Waals surface area contributed by atoms with Gasteiger partial charge in [-0.15, -0.1) is 0 Å². The number of aromatic nitrogens is 1. The van der Waals surface area contributed by atoms with E-state index in [4.69, 9.17) is 0 Å². The van der Waals surface area contributed by atoms with Crippen molar-refractivity contribution in [2.24, 2.45) is 0 Å². The zero-order chi connectivity index (χ0) is 13.8. The fraction of sp³-hybridized carbons (Fsp3) is 0.643. The standard InChI is InChI=1S/C14H23BrN2O/c1-5-17(6-2)14(3,4)13(18)9-12-8-7-11(15)10-16-12/h7-8,10,13,18H,5-6,9H2,1-4H3. The van der Waals surface area contributed by atoms with Gasteiger partial charge in [-0.1, -0.05) is 13.8 Å². The van der Waals surface area contributed by atoms with Crippen LogP contribution in [0.2, 0.25) is 0 Å². The molecule has 0 aliphatic heterocycles. The largest absolute Gasteiger partial charge is 0.391 e. The molecule has 1 N–H and O–H groups in total. The van der Waals surface area contributed by atoms with Crippen molar-refractivity contribution >= 4 is 15.9 Å². The Labute approximate surface area is 118 Å². The molecule has 1 rings (SSSR count). The van der Waals surface area contributed by atoms with Crippen molar-refractivity contribution in [1.82, 2.24) is 9.88 Å². The molecular weight excluding hydrogens is 292 g/mol. The molecule has 1 aromatic heterocycles. The van der Waals surface area contributed by atoms with E-state index in [1.807, 2.05) is 12.1 Å². The van der Waals surface area contributed by atoms with Gasteiger partial charge < -0.3 is 5.11 Å². The lowest BCUT2D eigenvalue weighted by molar-refractivity contribution is -0.00464. The van der Waals surface area contributed by atoms with Gasteiger partial charge >= 0.3 is 0 Å². The summed E-state index contributed by atoms with van der Waals surface area (Å²) >= 11 is 3.36. The summed E-state index contributed by atoms with van der Waals surface area (Å²) in [6, 6.07) is 3.91. The highest BCUT2D eigenvalue weighted by atomic mass is 79.9. The summed E-state index contributed by atoms with van der Waals surface area (Å²) in [7, 11) is 0. The van der Waals surface area contributed by atoms with Crippen molar-refractivity contribution in [1.29, 1.82) is 0 Å². The first-order valence-corrected chi connectivity index (χ1v) is 7.24. The van der Waals surface area contributed by atoms with E-state index >= 15 is 0 Å². The number of hydrogen-bond acceptors (Lipinski definition) is 3. The van der Waals surface area contributed by atoms with Gasteiger partial charge in [-0.05, 0) is 55.0 Å². The maximum atomic E-state index is 10.4. The molecule has 0 aliphatic rings. The van der Waals surface area contributed by atoms with Crippen LogP contribution in [-0.2, 0) is 6.42 Å². The van der Waals surface area contributed by atoms with E-state index in [2.05, 4.69) is 53.5 Å². The van der Waals surface area contributed by atoms with Crippen LogP contribution in [0, 0.1) is 0 Å². The molecule has 0 spiro atoms. The maximum Gasteiger partial charge on any atom is 0.0773 e. The van der Waals surface area contributed by atoms with Gasteiger partial charge in [-0.25, -0.2) is 0 Å². The average Bonchev–Trinajstić information content (AvgIpc) is 2.33. The van der Waals surface area contributed by atoms with E-state index in [-0.39, 0.29) is 5.54 Å². The van der Waals surface area contributed by atoms with Crippen LogP contribution in [0.1, 0.15) is 33.4 Å². The quantitative estimate of drug-likeness (QED) is 0.877. The molecule has 0 aliphatic carbocycles. The van der Waals surface area contributed by atoms with Gasteiger partial charge in [0.2, 0.25) is 0 Å². The van der Waals surface area contributed by atoms with Crippen molar-refractivity contribution < 1.29 is 5.11 Å². The van der Waals surface area contributed by atoms with E-state index in [1.165, 1.54) is 0 Å². The fourth-order valence-electron chi connectivity index (χ4n) is 2.22. The Morgan fingerprint density at radius 3 is 2.39 bits per heavy atom. The summed E-state index contributed by atoms with van der Waals surface area (Å²) in [4.78, 5) is 6.59. The SMILES string of the molecule is CCN(CC)C(C)(C)C(O)Cc1ccc(Br)cn1. The highest BCUT2D eigenvalue weighted by molar-refractivity contribution is 9.10. The molecule has 1 aromatic rings. The second kappa shape index (κ2) is 6.64. The first-order chi connectivity index (χ1) is 8.41. The van der Waals surface area contributed by atoms with Crippen LogP contribution in [0.25, 0.3) is 0 Å². The lowest BCUT2D eigenvalue weighted by Gasteiger charge is -2.41. The van der Waals surface area contributed by atoms with Crippen molar-refractivity contribution in [3.05, 3.63) is 28.5 Å². The summed E-state index contributed by atoms with van der Waals surface area (Å²) in [5.41, 5.74) is 0.684. The predicted molar refractivity (Wildman–Crippen MR) is 78.6 cm³/mol. The molecule has 1 heterocycles. The average molecular weight is 315 g/mol.